The molecular weight excluding hydrogens is 214 g/mol. The van der Waals surface area contributed by atoms with Crippen LogP contribution in [0, 0.1) is 17.2 Å². The molecule has 0 aromatic heterocycles. The van der Waals surface area contributed by atoms with E-state index >= 15 is 0 Å². The molecule has 0 spiro atoms. The number of amides is 1. The molecule has 1 amide bonds. The van der Waals surface area contributed by atoms with Gasteiger partial charge in [0, 0.05) is 0 Å². The molecule has 3 rings (SSSR count). The van der Waals surface area contributed by atoms with Crippen molar-refractivity contribution in [2.75, 3.05) is 5.01 Å². The molecule has 0 radical (unpaired) electrons. The summed E-state index contributed by atoms with van der Waals surface area (Å²) >= 11 is 0. The standard InChI is InChI=1S/C13H11N3O/c14-8-9-2-1-3-11(6-9)16-13(17)7-12(15-16)10-4-5-10/h1-3,6,10H,4-5,7H2. The quantitative estimate of drug-likeness (QED) is 0.773. The van der Waals surface area contributed by atoms with E-state index in [0.29, 0.717) is 23.6 Å². The lowest BCUT2D eigenvalue weighted by Gasteiger charge is -2.11. The normalized spacial score (nSPS) is 19.1. The molecule has 17 heavy (non-hydrogen) atoms. The Labute approximate surface area is 99.2 Å². The van der Waals surface area contributed by atoms with Crippen LogP contribution in [-0.2, 0) is 4.79 Å². The summed E-state index contributed by atoms with van der Waals surface area (Å²) in [5, 5.41) is 14.6. The van der Waals surface area contributed by atoms with Crippen LogP contribution >= 0.6 is 0 Å². The van der Waals surface area contributed by atoms with E-state index in [2.05, 4.69) is 11.2 Å². The summed E-state index contributed by atoms with van der Waals surface area (Å²) in [6.07, 6.45) is 2.73. The Morgan fingerprint density at radius 1 is 1.41 bits per heavy atom. The van der Waals surface area contributed by atoms with Crippen LogP contribution in [0.3, 0.4) is 0 Å². The van der Waals surface area contributed by atoms with Gasteiger partial charge >= 0.3 is 0 Å². The molecule has 1 fully saturated rings. The number of hydrogen-bond acceptors (Lipinski definition) is 3. The fourth-order valence-corrected chi connectivity index (χ4v) is 2.00. The van der Waals surface area contributed by atoms with Gasteiger partial charge in [-0.2, -0.15) is 10.4 Å². The van der Waals surface area contributed by atoms with Crippen LogP contribution in [0.15, 0.2) is 29.4 Å². The second-order valence-corrected chi connectivity index (χ2v) is 4.41. The van der Waals surface area contributed by atoms with E-state index in [1.54, 1.807) is 24.3 Å². The lowest BCUT2D eigenvalue weighted by Crippen LogP contribution is -2.19. The van der Waals surface area contributed by atoms with Crippen molar-refractivity contribution in [3.05, 3.63) is 29.8 Å². The molecule has 4 heteroatoms. The second-order valence-electron chi connectivity index (χ2n) is 4.41. The van der Waals surface area contributed by atoms with Gasteiger partial charge in [0.2, 0.25) is 0 Å². The molecule has 1 aromatic carbocycles. The number of anilines is 1. The number of hydrogen-bond donors (Lipinski definition) is 0. The molecule has 4 nitrogen and oxygen atoms in total. The summed E-state index contributed by atoms with van der Waals surface area (Å²) in [7, 11) is 0. The third-order valence-electron chi connectivity index (χ3n) is 3.07. The van der Waals surface area contributed by atoms with Crippen LogP contribution in [0.1, 0.15) is 24.8 Å². The van der Waals surface area contributed by atoms with Crippen LogP contribution in [0.5, 0.6) is 0 Å². The molecule has 1 aliphatic carbocycles. The minimum atomic E-state index is 0.00184. The van der Waals surface area contributed by atoms with Crippen molar-refractivity contribution in [3.63, 3.8) is 0 Å². The molecule has 0 unspecified atom stereocenters. The predicted octanol–water partition coefficient (Wildman–Crippen LogP) is 2.06. The van der Waals surface area contributed by atoms with Gasteiger partial charge in [0.15, 0.2) is 0 Å². The van der Waals surface area contributed by atoms with E-state index in [9.17, 15) is 4.79 Å². The molecule has 0 N–H and O–H groups in total. The van der Waals surface area contributed by atoms with Crippen LogP contribution in [0.4, 0.5) is 5.69 Å². The van der Waals surface area contributed by atoms with Gasteiger partial charge in [-0.1, -0.05) is 6.07 Å². The SMILES string of the molecule is N#Cc1cccc(N2N=C(C3CC3)CC2=O)c1. The van der Waals surface area contributed by atoms with Crippen molar-refractivity contribution in [3.8, 4) is 6.07 Å². The Balaban J connectivity index is 1.92. The third-order valence-corrected chi connectivity index (χ3v) is 3.07. The number of nitriles is 1. The highest BCUT2D eigenvalue weighted by Crippen LogP contribution is 2.35. The number of hydrazone groups is 1. The van der Waals surface area contributed by atoms with E-state index in [1.165, 1.54) is 5.01 Å². The van der Waals surface area contributed by atoms with E-state index in [0.717, 1.165) is 18.6 Å². The van der Waals surface area contributed by atoms with Crippen molar-refractivity contribution in [1.82, 2.24) is 0 Å². The first-order chi connectivity index (χ1) is 8.28. The zero-order valence-corrected chi connectivity index (χ0v) is 9.26. The highest BCUT2D eigenvalue weighted by molar-refractivity contribution is 6.14. The monoisotopic (exact) mass is 225 g/mol. The predicted molar refractivity (Wildman–Crippen MR) is 63.4 cm³/mol. The van der Waals surface area contributed by atoms with Crippen molar-refractivity contribution < 1.29 is 4.79 Å². The van der Waals surface area contributed by atoms with Gasteiger partial charge in [0.25, 0.3) is 5.91 Å². The summed E-state index contributed by atoms with van der Waals surface area (Å²) in [6.45, 7) is 0. The fraction of sp³-hybridized carbons (Fsp3) is 0.308. The van der Waals surface area contributed by atoms with Gasteiger partial charge < -0.3 is 0 Å². The van der Waals surface area contributed by atoms with Crippen LogP contribution < -0.4 is 5.01 Å². The molecule has 1 aromatic rings. The molecule has 0 atom stereocenters. The van der Waals surface area contributed by atoms with Gasteiger partial charge in [-0.05, 0) is 37.0 Å². The molecule has 1 heterocycles. The van der Waals surface area contributed by atoms with Gasteiger partial charge in [0.05, 0.1) is 29.5 Å². The Bertz CT molecular complexity index is 552. The summed E-state index contributed by atoms with van der Waals surface area (Å²) in [6, 6.07) is 9.05. The summed E-state index contributed by atoms with van der Waals surface area (Å²) in [5.41, 5.74) is 2.23. The Morgan fingerprint density at radius 3 is 2.94 bits per heavy atom. The molecule has 0 bridgehead atoms. The topological polar surface area (TPSA) is 56.5 Å². The minimum absolute atomic E-state index is 0.00184. The summed E-state index contributed by atoms with van der Waals surface area (Å²) < 4.78 is 0. The Kier molecular flexibility index (Phi) is 2.19. The lowest BCUT2D eigenvalue weighted by molar-refractivity contribution is -0.116. The first-order valence-corrected chi connectivity index (χ1v) is 5.68. The largest absolute Gasteiger partial charge is 0.272 e. The van der Waals surface area contributed by atoms with Crippen molar-refractivity contribution >= 4 is 17.3 Å². The van der Waals surface area contributed by atoms with Gasteiger partial charge in [-0.3, -0.25) is 4.79 Å². The maximum atomic E-state index is 11.8. The maximum Gasteiger partial charge on any atom is 0.253 e. The zero-order valence-electron chi connectivity index (χ0n) is 9.26. The minimum Gasteiger partial charge on any atom is -0.272 e. The van der Waals surface area contributed by atoms with Crippen molar-refractivity contribution in [1.29, 1.82) is 5.26 Å². The number of carbonyl (C=O) groups is 1. The molecule has 84 valence electrons. The number of rotatable bonds is 2. The smallest absolute Gasteiger partial charge is 0.253 e. The van der Waals surface area contributed by atoms with Crippen LogP contribution in [0.25, 0.3) is 0 Å². The van der Waals surface area contributed by atoms with Crippen molar-refractivity contribution in [2.45, 2.75) is 19.3 Å². The lowest BCUT2D eigenvalue weighted by atomic mass is 10.2. The molecule has 1 aliphatic heterocycles. The van der Waals surface area contributed by atoms with E-state index in [-0.39, 0.29) is 5.91 Å². The van der Waals surface area contributed by atoms with E-state index in [1.807, 2.05) is 0 Å². The molecular formula is C13H11N3O. The van der Waals surface area contributed by atoms with Gasteiger partial charge in [0.1, 0.15) is 0 Å². The summed E-state index contributed by atoms with van der Waals surface area (Å²) in [4.78, 5) is 11.8. The number of carbonyl (C=O) groups excluding carboxylic acids is 1. The van der Waals surface area contributed by atoms with E-state index in [4.69, 9.17) is 5.26 Å². The molecule has 2 aliphatic rings. The van der Waals surface area contributed by atoms with Crippen LogP contribution in [-0.4, -0.2) is 11.6 Å². The van der Waals surface area contributed by atoms with Crippen LogP contribution in [0.2, 0.25) is 0 Å². The second kappa shape index (κ2) is 3.70. The highest BCUT2D eigenvalue weighted by atomic mass is 16.2. The van der Waals surface area contributed by atoms with Gasteiger partial charge in [-0.25, -0.2) is 5.01 Å². The number of nitrogens with zero attached hydrogens (tertiary/aromatic N) is 3. The Morgan fingerprint density at radius 2 is 2.24 bits per heavy atom. The fourth-order valence-electron chi connectivity index (χ4n) is 2.00. The third kappa shape index (κ3) is 1.80. The number of benzene rings is 1. The molecule has 1 saturated carbocycles. The van der Waals surface area contributed by atoms with Crippen molar-refractivity contribution in [2.24, 2.45) is 11.0 Å². The average molecular weight is 225 g/mol. The maximum absolute atomic E-state index is 11.8. The molecule has 0 saturated heterocycles. The first kappa shape index (κ1) is 10.0. The average Bonchev–Trinajstić information content (AvgIpc) is 3.13. The Hall–Kier alpha value is -2.15. The summed E-state index contributed by atoms with van der Waals surface area (Å²) in [5.74, 6) is 0.519. The highest BCUT2D eigenvalue weighted by Gasteiger charge is 2.35. The van der Waals surface area contributed by atoms with E-state index < -0.39 is 0 Å². The zero-order chi connectivity index (χ0) is 11.8. The first-order valence-electron chi connectivity index (χ1n) is 5.68. The van der Waals surface area contributed by atoms with Gasteiger partial charge in [-0.15, -0.1) is 0 Å².